The molecule has 11 nitrogen and oxygen atoms in total. The molecule has 0 radical (unpaired) electrons. The molecule has 2 amide bonds. The average Bonchev–Trinajstić information content (AvgIpc) is 3.38. The predicted octanol–water partition coefficient (Wildman–Crippen LogP) is 2.22. The lowest BCUT2D eigenvalue weighted by Gasteiger charge is -2.13. The fourth-order valence-corrected chi connectivity index (χ4v) is 2.56. The number of amides is 2. The topological polar surface area (TPSA) is 137 Å². The van der Waals surface area contributed by atoms with Gasteiger partial charge in [-0.15, -0.1) is 0 Å². The third-order valence-corrected chi connectivity index (χ3v) is 4.11. The summed E-state index contributed by atoms with van der Waals surface area (Å²) in [5.74, 6) is -0.519. The number of benzene rings is 1. The first-order valence-corrected chi connectivity index (χ1v) is 8.79. The fourth-order valence-electron chi connectivity index (χ4n) is 2.56. The van der Waals surface area contributed by atoms with E-state index in [1.54, 1.807) is 54.3 Å². The number of aryl methyl sites for hydroxylation is 1. The van der Waals surface area contributed by atoms with Crippen molar-refractivity contribution in [3.63, 3.8) is 0 Å². The zero-order valence-corrected chi connectivity index (χ0v) is 15.6. The number of rotatable bonds is 8. The van der Waals surface area contributed by atoms with Gasteiger partial charge in [-0.1, -0.05) is 6.07 Å². The maximum atomic E-state index is 12.3. The molecule has 2 N–H and O–H groups in total. The third kappa shape index (κ3) is 5.25. The van der Waals surface area contributed by atoms with Gasteiger partial charge in [0.25, 0.3) is 0 Å². The molecule has 0 bridgehead atoms. The Kier molecular flexibility index (Phi) is 5.97. The lowest BCUT2D eigenvalue weighted by atomic mass is 10.2. The van der Waals surface area contributed by atoms with Crippen LogP contribution in [0.1, 0.15) is 19.4 Å². The van der Waals surface area contributed by atoms with Crippen molar-refractivity contribution >= 4 is 28.9 Å². The summed E-state index contributed by atoms with van der Waals surface area (Å²) in [7, 11) is 0. The van der Waals surface area contributed by atoms with E-state index in [2.05, 4.69) is 20.8 Å². The second-order valence-corrected chi connectivity index (χ2v) is 6.25. The van der Waals surface area contributed by atoms with Gasteiger partial charge in [-0.3, -0.25) is 29.1 Å². The molecule has 0 saturated carbocycles. The van der Waals surface area contributed by atoms with Crippen molar-refractivity contribution in [3.8, 4) is 0 Å². The summed E-state index contributed by atoms with van der Waals surface area (Å²) in [5.41, 5.74) is 0.929. The molecule has 3 rings (SSSR count). The third-order valence-electron chi connectivity index (χ3n) is 4.11. The molecule has 0 saturated heterocycles. The van der Waals surface area contributed by atoms with Crippen LogP contribution in [0.4, 0.5) is 17.1 Å². The summed E-state index contributed by atoms with van der Waals surface area (Å²) >= 11 is 0. The molecule has 150 valence electrons. The minimum Gasteiger partial charge on any atom is -0.326 e. The van der Waals surface area contributed by atoms with Gasteiger partial charge in [-0.2, -0.15) is 10.2 Å². The van der Waals surface area contributed by atoms with E-state index in [1.807, 2.05) is 0 Å². The normalized spacial score (nSPS) is 11.6. The Morgan fingerprint density at radius 3 is 2.62 bits per heavy atom. The van der Waals surface area contributed by atoms with Crippen LogP contribution in [0.25, 0.3) is 0 Å². The van der Waals surface area contributed by atoms with E-state index in [0.29, 0.717) is 11.4 Å². The van der Waals surface area contributed by atoms with Crippen LogP contribution < -0.4 is 10.6 Å². The maximum Gasteiger partial charge on any atom is 0.306 e. The van der Waals surface area contributed by atoms with Crippen molar-refractivity contribution in [2.75, 3.05) is 10.6 Å². The Morgan fingerprint density at radius 2 is 1.97 bits per heavy atom. The lowest BCUT2D eigenvalue weighted by Crippen LogP contribution is -2.24. The van der Waals surface area contributed by atoms with Crippen LogP contribution in [-0.4, -0.2) is 36.3 Å². The molecule has 0 aliphatic rings. The number of nitrogens with one attached hydrogen (secondary N) is 2. The monoisotopic (exact) mass is 397 g/mol. The summed E-state index contributed by atoms with van der Waals surface area (Å²) in [5, 5.41) is 24.1. The van der Waals surface area contributed by atoms with Crippen LogP contribution in [0.2, 0.25) is 0 Å². The maximum absolute atomic E-state index is 12.3. The number of hydrogen-bond donors (Lipinski definition) is 2. The van der Waals surface area contributed by atoms with Crippen molar-refractivity contribution in [2.24, 2.45) is 0 Å². The zero-order valence-electron chi connectivity index (χ0n) is 15.6. The molecule has 29 heavy (non-hydrogen) atoms. The van der Waals surface area contributed by atoms with E-state index in [4.69, 9.17) is 0 Å². The Morgan fingerprint density at radius 1 is 1.21 bits per heavy atom. The van der Waals surface area contributed by atoms with Crippen LogP contribution in [0, 0.1) is 10.1 Å². The minimum absolute atomic E-state index is 0.0890. The highest BCUT2D eigenvalue weighted by molar-refractivity contribution is 5.95. The molecule has 2 heterocycles. The average molecular weight is 397 g/mol. The second kappa shape index (κ2) is 8.78. The molecule has 1 unspecified atom stereocenters. The van der Waals surface area contributed by atoms with Crippen LogP contribution in [0.3, 0.4) is 0 Å². The number of carbonyl (C=O) groups excluding carboxylic acids is 2. The van der Waals surface area contributed by atoms with E-state index < -0.39 is 11.0 Å². The Bertz CT molecular complexity index is 1010. The fraction of sp³-hybridized carbons (Fsp3) is 0.222. The summed E-state index contributed by atoms with van der Waals surface area (Å²) in [6.07, 6.45) is 5.79. The zero-order chi connectivity index (χ0) is 20.8. The van der Waals surface area contributed by atoms with Gasteiger partial charge in [0.15, 0.2) is 0 Å². The van der Waals surface area contributed by atoms with Crippen molar-refractivity contribution in [3.05, 3.63) is 65.2 Å². The molecule has 0 fully saturated rings. The number of aromatic nitrogens is 4. The predicted molar refractivity (Wildman–Crippen MR) is 104 cm³/mol. The van der Waals surface area contributed by atoms with Crippen LogP contribution >= 0.6 is 0 Å². The largest absolute Gasteiger partial charge is 0.326 e. The van der Waals surface area contributed by atoms with Gasteiger partial charge >= 0.3 is 5.69 Å². The van der Waals surface area contributed by atoms with Crippen molar-refractivity contribution < 1.29 is 14.5 Å². The van der Waals surface area contributed by atoms with E-state index in [-0.39, 0.29) is 30.5 Å². The Balaban J connectivity index is 1.54. The summed E-state index contributed by atoms with van der Waals surface area (Å²) in [4.78, 5) is 34.6. The highest BCUT2D eigenvalue weighted by Crippen LogP contribution is 2.17. The van der Waals surface area contributed by atoms with Crippen molar-refractivity contribution in [1.82, 2.24) is 19.6 Å². The van der Waals surface area contributed by atoms with Crippen LogP contribution in [0.15, 0.2) is 55.1 Å². The van der Waals surface area contributed by atoms with Crippen molar-refractivity contribution in [2.45, 2.75) is 25.9 Å². The molecule has 0 aliphatic heterocycles. The quantitative estimate of drug-likeness (QED) is 0.442. The van der Waals surface area contributed by atoms with Gasteiger partial charge in [0, 0.05) is 36.7 Å². The lowest BCUT2D eigenvalue weighted by molar-refractivity contribution is -0.385. The summed E-state index contributed by atoms with van der Waals surface area (Å²) < 4.78 is 2.88. The van der Waals surface area contributed by atoms with Crippen LogP contribution in [-0.2, 0) is 16.1 Å². The molecule has 1 aromatic carbocycles. The number of nitrogens with zero attached hydrogens (tertiary/aromatic N) is 5. The number of hydrogen-bond acceptors (Lipinski definition) is 6. The molecule has 0 aliphatic carbocycles. The van der Waals surface area contributed by atoms with Gasteiger partial charge in [0.05, 0.1) is 4.92 Å². The first kappa shape index (κ1) is 19.7. The summed E-state index contributed by atoms with van der Waals surface area (Å²) in [6, 6.07) is 8.02. The van der Waals surface area contributed by atoms with Gasteiger partial charge in [-0.25, -0.2) is 0 Å². The molecular formula is C18H19N7O4. The minimum atomic E-state index is -0.545. The van der Waals surface area contributed by atoms with E-state index in [9.17, 15) is 19.7 Å². The number of nitro groups is 1. The van der Waals surface area contributed by atoms with Gasteiger partial charge in [0.2, 0.25) is 11.8 Å². The Labute approximate surface area is 165 Å². The summed E-state index contributed by atoms with van der Waals surface area (Å²) in [6.45, 7) is 1.94. The van der Waals surface area contributed by atoms with Crippen LogP contribution in [0.5, 0.6) is 0 Å². The standard InChI is InChI=1S/C18H19N7O4/c1-13(24-8-3-7-19-24)18(27)22-15-5-2-4-14(10-15)21-17(26)6-9-23-12-16(11-20-23)25(28)29/h2-5,7-8,10-13H,6,9H2,1H3,(H,21,26)(H,22,27). The smallest absolute Gasteiger partial charge is 0.306 e. The molecule has 2 aromatic heterocycles. The number of carbonyl (C=O) groups is 2. The first-order chi connectivity index (χ1) is 13.9. The molecule has 0 spiro atoms. The second-order valence-electron chi connectivity index (χ2n) is 6.25. The highest BCUT2D eigenvalue weighted by atomic mass is 16.6. The number of anilines is 2. The van der Waals surface area contributed by atoms with E-state index in [1.165, 1.54) is 10.9 Å². The first-order valence-electron chi connectivity index (χ1n) is 8.79. The molecule has 11 heteroatoms. The highest BCUT2D eigenvalue weighted by Gasteiger charge is 2.15. The Hall–Kier alpha value is -4.02. The molecule has 1 atom stereocenters. The molecule has 3 aromatic rings. The SMILES string of the molecule is CC(C(=O)Nc1cccc(NC(=O)CCn2cc([N+](=O)[O-])cn2)c1)n1cccn1. The molecular weight excluding hydrogens is 378 g/mol. The van der Waals surface area contributed by atoms with Gasteiger partial charge < -0.3 is 10.6 Å². The van der Waals surface area contributed by atoms with E-state index >= 15 is 0 Å². The van der Waals surface area contributed by atoms with Gasteiger partial charge in [0.1, 0.15) is 18.4 Å². The van der Waals surface area contributed by atoms with Gasteiger partial charge in [-0.05, 0) is 31.2 Å². The van der Waals surface area contributed by atoms with E-state index in [0.717, 1.165) is 6.20 Å². The van der Waals surface area contributed by atoms with Crippen molar-refractivity contribution in [1.29, 1.82) is 0 Å².